The highest BCUT2D eigenvalue weighted by Gasteiger charge is 2.42. The zero-order chi connectivity index (χ0) is 14.7. The maximum Gasteiger partial charge on any atom is 0.105 e. The summed E-state index contributed by atoms with van der Waals surface area (Å²) in [5.41, 5.74) is 0.443. The van der Waals surface area contributed by atoms with Gasteiger partial charge in [0, 0.05) is 50.2 Å². The SMILES string of the molecule is CCCC1CN(CCn2ccnc2C)C2(CCCC2)CN1. The molecule has 0 aromatic carbocycles. The Kier molecular flexibility index (Phi) is 4.65. The maximum absolute atomic E-state index is 4.35. The lowest BCUT2D eigenvalue weighted by Crippen LogP contribution is -2.63. The first kappa shape index (κ1) is 15.0. The van der Waals surface area contributed by atoms with E-state index in [1.165, 1.54) is 58.2 Å². The molecule has 3 rings (SSSR count). The van der Waals surface area contributed by atoms with Crippen LogP contribution in [0.3, 0.4) is 0 Å². The number of nitrogens with one attached hydrogen (secondary N) is 1. The monoisotopic (exact) mass is 290 g/mol. The van der Waals surface area contributed by atoms with E-state index >= 15 is 0 Å². The van der Waals surface area contributed by atoms with Gasteiger partial charge in [0.15, 0.2) is 0 Å². The van der Waals surface area contributed by atoms with Crippen LogP contribution in [0.25, 0.3) is 0 Å². The van der Waals surface area contributed by atoms with Crippen molar-refractivity contribution in [1.29, 1.82) is 0 Å². The van der Waals surface area contributed by atoms with Crippen molar-refractivity contribution in [2.24, 2.45) is 0 Å². The molecule has 1 aromatic rings. The number of hydrogen-bond donors (Lipinski definition) is 1. The molecule has 2 fully saturated rings. The topological polar surface area (TPSA) is 33.1 Å². The van der Waals surface area contributed by atoms with Crippen molar-refractivity contribution < 1.29 is 0 Å². The second-order valence-corrected chi connectivity index (χ2v) is 6.91. The molecule has 4 heteroatoms. The largest absolute Gasteiger partial charge is 0.334 e. The molecule has 4 nitrogen and oxygen atoms in total. The molecule has 1 N–H and O–H groups in total. The summed E-state index contributed by atoms with van der Waals surface area (Å²) in [5, 5.41) is 3.83. The minimum atomic E-state index is 0.443. The molecule has 1 aromatic heterocycles. The normalized spacial score (nSPS) is 25.7. The van der Waals surface area contributed by atoms with Gasteiger partial charge in [0.25, 0.3) is 0 Å². The van der Waals surface area contributed by atoms with Crippen molar-refractivity contribution in [2.75, 3.05) is 19.6 Å². The fraction of sp³-hybridized carbons (Fsp3) is 0.824. The Morgan fingerprint density at radius 3 is 2.81 bits per heavy atom. The Morgan fingerprint density at radius 1 is 1.33 bits per heavy atom. The summed E-state index contributed by atoms with van der Waals surface area (Å²) >= 11 is 0. The molecule has 21 heavy (non-hydrogen) atoms. The van der Waals surface area contributed by atoms with Gasteiger partial charge in [-0.05, 0) is 26.2 Å². The van der Waals surface area contributed by atoms with E-state index in [0.717, 1.165) is 12.4 Å². The standard InChI is InChI=1S/C17H30N4/c1-3-6-16-13-21(12-11-20-10-9-18-15(20)2)17(14-19-16)7-4-5-8-17/h9-10,16,19H,3-8,11-14H2,1-2H3. The average Bonchev–Trinajstić information content (AvgIpc) is 3.10. The van der Waals surface area contributed by atoms with E-state index in [4.69, 9.17) is 0 Å². The van der Waals surface area contributed by atoms with E-state index in [1.54, 1.807) is 0 Å². The Labute approximate surface area is 128 Å². The van der Waals surface area contributed by atoms with Crippen molar-refractivity contribution in [3.8, 4) is 0 Å². The molecule has 1 saturated heterocycles. The maximum atomic E-state index is 4.35. The summed E-state index contributed by atoms with van der Waals surface area (Å²) in [6.07, 6.45) is 12.2. The minimum absolute atomic E-state index is 0.443. The molecule has 1 spiro atoms. The first-order valence-corrected chi connectivity index (χ1v) is 8.70. The molecule has 0 radical (unpaired) electrons. The van der Waals surface area contributed by atoms with Gasteiger partial charge in [0.05, 0.1) is 0 Å². The van der Waals surface area contributed by atoms with Crippen LogP contribution < -0.4 is 5.32 Å². The summed E-state index contributed by atoms with van der Waals surface area (Å²) in [6.45, 7) is 9.05. The molecule has 118 valence electrons. The Balaban J connectivity index is 1.66. The molecule has 2 aliphatic rings. The van der Waals surface area contributed by atoms with Gasteiger partial charge in [-0.3, -0.25) is 4.90 Å². The van der Waals surface area contributed by atoms with E-state index in [1.807, 2.05) is 6.20 Å². The number of hydrogen-bond acceptors (Lipinski definition) is 3. The molecule has 1 atom stereocenters. The van der Waals surface area contributed by atoms with E-state index in [2.05, 4.69) is 39.8 Å². The van der Waals surface area contributed by atoms with Gasteiger partial charge in [-0.15, -0.1) is 0 Å². The first-order chi connectivity index (χ1) is 10.2. The zero-order valence-corrected chi connectivity index (χ0v) is 13.6. The number of imidazole rings is 1. The van der Waals surface area contributed by atoms with Crippen LogP contribution in [-0.4, -0.2) is 45.7 Å². The van der Waals surface area contributed by atoms with Gasteiger partial charge in [-0.1, -0.05) is 26.2 Å². The lowest BCUT2D eigenvalue weighted by Gasteiger charge is -2.48. The van der Waals surface area contributed by atoms with Crippen molar-refractivity contribution in [2.45, 2.75) is 70.5 Å². The molecule has 1 aliphatic carbocycles. The number of aromatic nitrogens is 2. The second kappa shape index (κ2) is 6.49. The number of piperazine rings is 1. The summed E-state index contributed by atoms with van der Waals surface area (Å²) in [6, 6.07) is 0.685. The van der Waals surface area contributed by atoms with E-state index < -0.39 is 0 Å². The van der Waals surface area contributed by atoms with Crippen LogP contribution in [0.5, 0.6) is 0 Å². The van der Waals surface area contributed by atoms with Gasteiger partial charge in [0.2, 0.25) is 0 Å². The highest BCUT2D eigenvalue weighted by Crippen LogP contribution is 2.37. The van der Waals surface area contributed by atoms with Crippen molar-refractivity contribution in [1.82, 2.24) is 19.8 Å². The van der Waals surface area contributed by atoms with Crippen LogP contribution in [0.1, 0.15) is 51.3 Å². The van der Waals surface area contributed by atoms with Crippen molar-refractivity contribution >= 4 is 0 Å². The van der Waals surface area contributed by atoms with E-state index in [9.17, 15) is 0 Å². The Morgan fingerprint density at radius 2 is 2.14 bits per heavy atom. The third kappa shape index (κ3) is 3.16. The predicted octanol–water partition coefficient (Wildman–Crippen LogP) is 2.58. The van der Waals surface area contributed by atoms with Crippen LogP contribution in [-0.2, 0) is 6.54 Å². The van der Waals surface area contributed by atoms with Gasteiger partial charge in [-0.2, -0.15) is 0 Å². The molecule has 1 unspecified atom stereocenters. The molecule has 0 amide bonds. The van der Waals surface area contributed by atoms with Gasteiger partial charge < -0.3 is 9.88 Å². The van der Waals surface area contributed by atoms with Crippen LogP contribution in [0.4, 0.5) is 0 Å². The molecular formula is C17H30N4. The highest BCUT2D eigenvalue weighted by atomic mass is 15.3. The smallest absolute Gasteiger partial charge is 0.105 e. The Hall–Kier alpha value is -0.870. The summed E-state index contributed by atoms with van der Waals surface area (Å²) in [5.74, 6) is 1.13. The molecule has 2 heterocycles. The summed E-state index contributed by atoms with van der Waals surface area (Å²) < 4.78 is 2.29. The lowest BCUT2D eigenvalue weighted by atomic mass is 9.90. The minimum Gasteiger partial charge on any atom is -0.334 e. The van der Waals surface area contributed by atoms with Gasteiger partial charge in [-0.25, -0.2) is 4.98 Å². The van der Waals surface area contributed by atoms with Gasteiger partial charge in [0.1, 0.15) is 5.82 Å². The number of nitrogens with zero attached hydrogens (tertiary/aromatic N) is 3. The molecular weight excluding hydrogens is 260 g/mol. The van der Waals surface area contributed by atoms with Crippen LogP contribution in [0.15, 0.2) is 12.4 Å². The first-order valence-electron chi connectivity index (χ1n) is 8.70. The second-order valence-electron chi connectivity index (χ2n) is 6.91. The third-order valence-electron chi connectivity index (χ3n) is 5.54. The number of aryl methyl sites for hydroxylation is 1. The van der Waals surface area contributed by atoms with Crippen LogP contribution >= 0.6 is 0 Å². The van der Waals surface area contributed by atoms with Crippen LogP contribution in [0.2, 0.25) is 0 Å². The average molecular weight is 290 g/mol. The van der Waals surface area contributed by atoms with Crippen molar-refractivity contribution in [3.63, 3.8) is 0 Å². The Bertz CT molecular complexity index is 447. The van der Waals surface area contributed by atoms with E-state index in [0.29, 0.717) is 11.6 Å². The summed E-state index contributed by atoms with van der Waals surface area (Å²) in [7, 11) is 0. The fourth-order valence-electron chi connectivity index (χ4n) is 4.24. The zero-order valence-electron chi connectivity index (χ0n) is 13.6. The third-order valence-corrected chi connectivity index (χ3v) is 5.54. The molecule has 1 aliphatic heterocycles. The van der Waals surface area contributed by atoms with Crippen molar-refractivity contribution in [3.05, 3.63) is 18.2 Å². The predicted molar refractivity (Wildman–Crippen MR) is 86.4 cm³/mol. The van der Waals surface area contributed by atoms with Gasteiger partial charge >= 0.3 is 0 Å². The highest BCUT2D eigenvalue weighted by molar-refractivity contribution is 5.02. The van der Waals surface area contributed by atoms with Crippen LogP contribution in [0, 0.1) is 6.92 Å². The summed E-state index contributed by atoms with van der Waals surface area (Å²) in [4.78, 5) is 7.15. The lowest BCUT2D eigenvalue weighted by molar-refractivity contribution is 0.0379. The quantitative estimate of drug-likeness (QED) is 0.905. The van der Waals surface area contributed by atoms with E-state index in [-0.39, 0.29) is 0 Å². The molecule has 1 saturated carbocycles. The number of rotatable bonds is 5. The fourth-order valence-corrected chi connectivity index (χ4v) is 4.24. The molecule has 0 bridgehead atoms.